The Kier molecular flexibility index (Phi) is 6.92. The lowest BCUT2D eigenvalue weighted by Gasteiger charge is -2.08. The second-order valence-electron chi connectivity index (χ2n) is 6.52. The van der Waals surface area contributed by atoms with Crippen LogP contribution in [0.4, 0.5) is 0 Å². The highest BCUT2D eigenvalue weighted by Gasteiger charge is 2.26. The smallest absolute Gasteiger partial charge is 0.0851 e. The largest absolute Gasteiger partial charge is 0.391 e. The Morgan fingerprint density at radius 2 is 1.50 bits per heavy atom. The summed E-state index contributed by atoms with van der Waals surface area (Å²) in [7, 11) is 0. The van der Waals surface area contributed by atoms with Crippen LogP contribution in [-0.4, -0.2) is 35.6 Å². The van der Waals surface area contributed by atoms with Crippen molar-refractivity contribution in [2.45, 2.75) is 37.3 Å². The van der Waals surface area contributed by atoms with Gasteiger partial charge >= 0.3 is 0 Å². The van der Waals surface area contributed by atoms with E-state index in [1.54, 1.807) is 12.1 Å². The molecule has 2 aliphatic heterocycles. The first-order valence-corrected chi connectivity index (χ1v) is 9.37. The van der Waals surface area contributed by atoms with Crippen LogP contribution in [0.5, 0.6) is 0 Å². The standard InChI is InChI=1S/2C10H11ClO2/c11-8-3-1-7(2-4-8)10(12)5-9-6-13-9;11-8-3-1-7(2-4-8)10-5-9(12)6-13-10/h2*1-4,9-10,12H,5-6H2. The number of hydrogen-bond donors (Lipinski definition) is 2. The van der Waals surface area contributed by atoms with E-state index in [1.807, 2.05) is 36.4 Å². The Bertz CT molecular complexity index is 686. The van der Waals surface area contributed by atoms with Gasteiger partial charge in [0.25, 0.3) is 0 Å². The van der Waals surface area contributed by atoms with E-state index in [0.29, 0.717) is 24.5 Å². The van der Waals surface area contributed by atoms with Crippen molar-refractivity contribution in [3.05, 3.63) is 69.7 Å². The van der Waals surface area contributed by atoms with Crippen molar-refractivity contribution >= 4 is 23.2 Å². The second kappa shape index (κ2) is 9.18. The molecule has 2 aromatic carbocycles. The van der Waals surface area contributed by atoms with Crippen LogP contribution in [0.3, 0.4) is 0 Å². The molecule has 0 spiro atoms. The third-order valence-corrected chi connectivity index (χ3v) is 4.86. The number of rotatable bonds is 4. The van der Waals surface area contributed by atoms with E-state index in [9.17, 15) is 10.2 Å². The number of ether oxygens (including phenoxy) is 2. The molecule has 0 saturated carbocycles. The average molecular weight is 397 g/mol. The van der Waals surface area contributed by atoms with Crippen molar-refractivity contribution in [2.75, 3.05) is 13.2 Å². The minimum absolute atomic E-state index is 0.0345. The van der Waals surface area contributed by atoms with E-state index in [-0.39, 0.29) is 18.3 Å². The zero-order valence-electron chi connectivity index (χ0n) is 14.2. The predicted octanol–water partition coefficient (Wildman–Crippen LogP) is 4.32. The fraction of sp³-hybridized carbons (Fsp3) is 0.400. The van der Waals surface area contributed by atoms with Crippen LogP contribution in [0.1, 0.15) is 36.2 Å². The molecule has 26 heavy (non-hydrogen) atoms. The maximum atomic E-state index is 9.70. The van der Waals surface area contributed by atoms with Gasteiger partial charge in [-0.25, -0.2) is 0 Å². The molecule has 0 amide bonds. The van der Waals surface area contributed by atoms with Gasteiger partial charge in [-0.05, 0) is 35.4 Å². The lowest BCUT2D eigenvalue weighted by Crippen LogP contribution is -2.02. The molecule has 140 valence electrons. The summed E-state index contributed by atoms with van der Waals surface area (Å²) in [6, 6.07) is 14.8. The summed E-state index contributed by atoms with van der Waals surface area (Å²) in [5.74, 6) is 0. The molecule has 4 unspecified atom stereocenters. The molecule has 2 aliphatic rings. The third kappa shape index (κ3) is 5.95. The SMILES string of the molecule is OC(CC1CO1)c1ccc(Cl)cc1.OC1COC(c2ccc(Cl)cc2)C1. The summed E-state index contributed by atoms with van der Waals surface area (Å²) >= 11 is 11.5. The van der Waals surface area contributed by atoms with E-state index in [0.717, 1.165) is 22.8 Å². The lowest BCUT2D eigenvalue weighted by atomic mass is 10.1. The average Bonchev–Trinajstić information content (AvgIpc) is 3.34. The highest BCUT2D eigenvalue weighted by molar-refractivity contribution is 6.30. The lowest BCUT2D eigenvalue weighted by molar-refractivity contribution is 0.0888. The molecule has 0 bridgehead atoms. The molecular weight excluding hydrogens is 375 g/mol. The molecule has 0 radical (unpaired) electrons. The van der Waals surface area contributed by atoms with Crippen molar-refractivity contribution in [1.82, 2.24) is 0 Å². The predicted molar refractivity (Wildman–Crippen MR) is 102 cm³/mol. The highest BCUT2D eigenvalue weighted by atomic mass is 35.5. The van der Waals surface area contributed by atoms with Crippen LogP contribution in [0.15, 0.2) is 48.5 Å². The van der Waals surface area contributed by atoms with Gasteiger partial charge in [-0.3, -0.25) is 0 Å². The second-order valence-corrected chi connectivity index (χ2v) is 7.39. The van der Waals surface area contributed by atoms with Crippen LogP contribution in [0.2, 0.25) is 10.0 Å². The molecule has 2 fully saturated rings. The van der Waals surface area contributed by atoms with Gasteiger partial charge in [0, 0.05) is 22.9 Å². The Morgan fingerprint density at radius 3 is 2.00 bits per heavy atom. The van der Waals surface area contributed by atoms with Gasteiger partial charge in [-0.1, -0.05) is 47.5 Å². The highest BCUT2D eigenvalue weighted by Crippen LogP contribution is 2.29. The quantitative estimate of drug-likeness (QED) is 0.755. The van der Waals surface area contributed by atoms with Gasteiger partial charge in [0.1, 0.15) is 0 Å². The summed E-state index contributed by atoms with van der Waals surface area (Å²) in [5, 5.41) is 20.4. The number of benzene rings is 2. The Balaban J connectivity index is 0.000000151. The number of aliphatic hydroxyl groups excluding tert-OH is 2. The number of aliphatic hydroxyl groups is 2. The van der Waals surface area contributed by atoms with E-state index < -0.39 is 6.10 Å². The molecule has 0 aromatic heterocycles. The summed E-state index contributed by atoms with van der Waals surface area (Å²) in [6.07, 6.45) is 0.909. The molecule has 2 aromatic rings. The molecule has 2 saturated heterocycles. The maximum absolute atomic E-state index is 9.70. The summed E-state index contributed by atoms with van der Waals surface area (Å²) < 4.78 is 10.4. The Hall–Kier alpha value is -1.14. The van der Waals surface area contributed by atoms with Crippen molar-refractivity contribution in [1.29, 1.82) is 0 Å². The van der Waals surface area contributed by atoms with Crippen molar-refractivity contribution in [3.63, 3.8) is 0 Å². The van der Waals surface area contributed by atoms with E-state index >= 15 is 0 Å². The molecule has 6 heteroatoms. The van der Waals surface area contributed by atoms with Crippen molar-refractivity contribution in [2.24, 2.45) is 0 Å². The first kappa shape index (κ1) is 19.6. The van der Waals surface area contributed by atoms with Crippen LogP contribution in [-0.2, 0) is 9.47 Å². The van der Waals surface area contributed by atoms with Crippen molar-refractivity contribution < 1.29 is 19.7 Å². The minimum Gasteiger partial charge on any atom is -0.391 e. The van der Waals surface area contributed by atoms with Gasteiger partial charge in [-0.15, -0.1) is 0 Å². The monoisotopic (exact) mass is 396 g/mol. The molecule has 2 heterocycles. The Labute approximate surface area is 163 Å². The summed E-state index contributed by atoms with van der Waals surface area (Å²) in [5.41, 5.74) is 1.99. The Morgan fingerprint density at radius 1 is 0.923 bits per heavy atom. The first-order chi connectivity index (χ1) is 12.5. The van der Waals surface area contributed by atoms with E-state index in [4.69, 9.17) is 32.7 Å². The van der Waals surface area contributed by atoms with E-state index in [2.05, 4.69) is 0 Å². The molecule has 2 N–H and O–H groups in total. The van der Waals surface area contributed by atoms with Crippen LogP contribution >= 0.6 is 23.2 Å². The van der Waals surface area contributed by atoms with Gasteiger partial charge in [0.2, 0.25) is 0 Å². The molecule has 4 atom stereocenters. The topological polar surface area (TPSA) is 62.2 Å². The van der Waals surface area contributed by atoms with Gasteiger partial charge in [-0.2, -0.15) is 0 Å². The first-order valence-electron chi connectivity index (χ1n) is 8.61. The van der Waals surface area contributed by atoms with Crippen LogP contribution < -0.4 is 0 Å². The van der Waals surface area contributed by atoms with E-state index in [1.165, 1.54) is 0 Å². The van der Waals surface area contributed by atoms with Crippen molar-refractivity contribution in [3.8, 4) is 0 Å². The maximum Gasteiger partial charge on any atom is 0.0851 e. The molecule has 4 rings (SSSR count). The zero-order chi connectivity index (χ0) is 18.5. The van der Waals surface area contributed by atoms with Gasteiger partial charge in [0.15, 0.2) is 0 Å². The minimum atomic E-state index is -0.426. The fourth-order valence-electron chi connectivity index (χ4n) is 2.79. The number of epoxide rings is 1. The van der Waals surface area contributed by atoms with Gasteiger partial charge < -0.3 is 19.7 Å². The third-order valence-electron chi connectivity index (χ3n) is 4.36. The molecule has 4 nitrogen and oxygen atoms in total. The molecule has 0 aliphatic carbocycles. The van der Waals surface area contributed by atoms with Crippen LogP contribution in [0.25, 0.3) is 0 Å². The number of hydrogen-bond acceptors (Lipinski definition) is 4. The zero-order valence-corrected chi connectivity index (χ0v) is 15.7. The molecular formula is C20H22Cl2O4. The summed E-state index contributed by atoms with van der Waals surface area (Å²) in [4.78, 5) is 0. The number of halogens is 2. The van der Waals surface area contributed by atoms with Crippen LogP contribution in [0, 0.1) is 0 Å². The van der Waals surface area contributed by atoms with Gasteiger partial charge in [0.05, 0.1) is 37.6 Å². The normalized spacial score (nSPS) is 25.3. The summed E-state index contributed by atoms with van der Waals surface area (Å²) in [6.45, 7) is 1.22. The fourth-order valence-corrected chi connectivity index (χ4v) is 3.05.